The number of furan rings is 1. The van der Waals surface area contributed by atoms with Crippen LogP contribution in [0.5, 0.6) is 0 Å². The summed E-state index contributed by atoms with van der Waals surface area (Å²) in [7, 11) is 0. The molecule has 0 aliphatic carbocycles. The molecule has 3 aromatic heterocycles. The maximum Gasteiger partial charge on any atom is 0.227 e. The first-order valence-corrected chi connectivity index (χ1v) is 15.2. The van der Waals surface area contributed by atoms with Crippen molar-refractivity contribution in [3.8, 4) is 28.3 Å². The molecule has 0 aliphatic heterocycles. The number of nitrogens with zero attached hydrogens (tertiary/aromatic N) is 3. The van der Waals surface area contributed by atoms with Crippen LogP contribution in [0.15, 0.2) is 89.3 Å². The van der Waals surface area contributed by atoms with Crippen molar-refractivity contribution in [2.24, 2.45) is 0 Å². The van der Waals surface area contributed by atoms with Crippen LogP contribution in [0, 0.1) is 20.8 Å². The number of para-hydroxylation sites is 3. The Morgan fingerprint density at radius 1 is 0.651 bits per heavy atom. The van der Waals surface area contributed by atoms with E-state index in [1.165, 1.54) is 27.9 Å². The van der Waals surface area contributed by atoms with Crippen molar-refractivity contribution in [2.75, 3.05) is 0 Å². The number of imidazole rings is 1. The number of aryl methyl sites for hydroxylation is 3. The molecule has 0 saturated heterocycles. The van der Waals surface area contributed by atoms with Crippen LogP contribution in [0.25, 0.3) is 61.4 Å². The predicted octanol–water partition coefficient (Wildman–Crippen LogP) is 10.8. The summed E-state index contributed by atoms with van der Waals surface area (Å²) in [4.78, 5) is 10.4. The van der Waals surface area contributed by atoms with Gasteiger partial charge in [0.05, 0.1) is 28.0 Å². The van der Waals surface area contributed by atoms with E-state index in [4.69, 9.17) is 14.4 Å². The van der Waals surface area contributed by atoms with Gasteiger partial charge in [0.1, 0.15) is 11.4 Å². The molecule has 7 aromatic rings. The molecule has 0 aliphatic rings. The Bertz CT molecular complexity index is 2130. The molecule has 0 saturated carbocycles. The average Bonchev–Trinajstić information content (AvgIpc) is 3.56. The lowest BCUT2D eigenvalue weighted by Gasteiger charge is -2.22. The van der Waals surface area contributed by atoms with Crippen molar-refractivity contribution in [3.05, 3.63) is 113 Å². The van der Waals surface area contributed by atoms with Gasteiger partial charge in [0.2, 0.25) is 5.71 Å². The van der Waals surface area contributed by atoms with Gasteiger partial charge in [-0.15, -0.1) is 0 Å². The highest BCUT2D eigenvalue weighted by molar-refractivity contribution is 6.10. The summed E-state index contributed by atoms with van der Waals surface area (Å²) >= 11 is 0. The van der Waals surface area contributed by atoms with Gasteiger partial charge in [-0.1, -0.05) is 82.3 Å². The van der Waals surface area contributed by atoms with Crippen molar-refractivity contribution in [1.82, 2.24) is 14.5 Å². The topological polar surface area (TPSA) is 43.9 Å². The molecule has 0 amide bonds. The Morgan fingerprint density at radius 2 is 1.33 bits per heavy atom. The van der Waals surface area contributed by atoms with E-state index in [1.807, 2.05) is 0 Å². The van der Waals surface area contributed by atoms with E-state index >= 15 is 0 Å². The lowest BCUT2D eigenvalue weighted by atomic mass is 9.92. The number of benzene rings is 4. The molecule has 7 rings (SSSR count). The first-order valence-electron chi connectivity index (χ1n) is 15.2. The van der Waals surface area contributed by atoms with Gasteiger partial charge in [-0.25, -0.2) is 9.97 Å². The van der Waals surface area contributed by atoms with Crippen LogP contribution < -0.4 is 0 Å². The minimum Gasteiger partial charge on any atom is -0.437 e. The highest BCUT2D eigenvalue weighted by Crippen LogP contribution is 2.42. The number of rotatable bonds is 5. The summed E-state index contributed by atoms with van der Waals surface area (Å²) in [6.45, 7) is 15.5. The molecule has 4 nitrogen and oxygen atoms in total. The molecule has 4 aromatic carbocycles. The van der Waals surface area contributed by atoms with E-state index in [0.29, 0.717) is 17.5 Å². The molecule has 214 valence electrons. The van der Waals surface area contributed by atoms with Crippen LogP contribution >= 0.6 is 0 Å². The fourth-order valence-corrected chi connectivity index (χ4v) is 6.66. The average molecular weight is 564 g/mol. The van der Waals surface area contributed by atoms with Crippen molar-refractivity contribution >= 4 is 33.1 Å². The predicted molar refractivity (Wildman–Crippen MR) is 179 cm³/mol. The van der Waals surface area contributed by atoms with Crippen molar-refractivity contribution in [1.29, 1.82) is 0 Å². The van der Waals surface area contributed by atoms with Crippen LogP contribution in [0.4, 0.5) is 0 Å². The van der Waals surface area contributed by atoms with Gasteiger partial charge < -0.3 is 4.42 Å². The largest absolute Gasteiger partial charge is 0.437 e. The first kappa shape index (κ1) is 27.2. The van der Waals surface area contributed by atoms with Crippen molar-refractivity contribution in [2.45, 2.75) is 60.3 Å². The molecule has 0 spiro atoms. The number of aromatic nitrogens is 3. The first-order chi connectivity index (χ1) is 20.7. The monoisotopic (exact) mass is 563 g/mol. The molecule has 4 heteroatoms. The third-order valence-electron chi connectivity index (χ3n) is 8.80. The zero-order valence-corrected chi connectivity index (χ0v) is 26.0. The zero-order valence-electron chi connectivity index (χ0n) is 26.0. The molecule has 0 N–H and O–H groups in total. The van der Waals surface area contributed by atoms with Gasteiger partial charge in [0.25, 0.3) is 0 Å². The highest BCUT2D eigenvalue weighted by atomic mass is 16.3. The molecular weight excluding hydrogens is 526 g/mol. The van der Waals surface area contributed by atoms with E-state index in [9.17, 15) is 0 Å². The summed E-state index contributed by atoms with van der Waals surface area (Å²) in [6, 6.07) is 30.2. The smallest absolute Gasteiger partial charge is 0.227 e. The molecule has 0 fully saturated rings. The maximum atomic E-state index is 6.74. The molecule has 0 bridgehead atoms. The maximum absolute atomic E-state index is 6.74. The third-order valence-corrected chi connectivity index (χ3v) is 8.80. The van der Waals surface area contributed by atoms with Crippen molar-refractivity contribution < 1.29 is 4.42 Å². The van der Waals surface area contributed by atoms with E-state index in [0.717, 1.165) is 55.6 Å². The summed E-state index contributed by atoms with van der Waals surface area (Å²) in [5, 5.41) is 2.12. The van der Waals surface area contributed by atoms with Crippen LogP contribution in [0.2, 0.25) is 0 Å². The Hall–Kier alpha value is -4.70. The standard InChI is InChI=1S/C39H37N3O/c1-22(2)27-14-11-15-28(23(3)4)36(27)42-33-17-9-8-16-31(33)40-38(42)30-19-18-26(7)35-29-20-21-32(41-39(29)43-37(30)35)34-24(5)12-10-13-25(34)6/h8-23H,1-7H3. The number of fused-ring (bicyclic) bond motifs is 4. The van der Waals surface area contributed by atoms with E-state index in [1.54, 1.807) is 0 Å². The SMILES string of the molecule is Cc1cccc(C)c1-c1ccc2c(n1)oc1c(-c3nc4ccccc4n3-c3c(C(C)C)cccc3C(C)C)ccc(C)c12. The Labute approximate surface area is 253 Å². The van der Waals surface area contributed by atoms with Gasteiger partial charge in [0, 0.05) is 16.3 Å². The van der Waals surface area contributed by atoms with Gasteiger partial charge in [-0.3, -0.25) is 4.57 Å². The molecule has 3 heterocycles. The normalized spacial score (nSPS) is 12.0. The van der Waals surface area contributed by atoms with Crippen LogP contribution in [0.1, 0.15) is 67.3 Å². The second-order valence-corrected chi connectivity index (χ2v) is 12.4. The van der Waals surface area contributed by atoms with Gasteiger partial charge in [0.15, 0.2) is 0 Å². The molecule has 0 atom stereocenters. The zero-order chi connectivity index (χ0) is 30.0. The minimum atomic E-state index is 0.347. The number of pyridine rings is 1. The van der Waals surface area contributed by atoms with Gasteiger partial charge >= 0.3 is 0 Å². The molecule has 0 unspecified atom stereocenters. The lowest BCUT2D eigenvalue weighted by molar-refractivity contribution is 0.655. The minimum absolute atomic E-state index is 0.347. The quantitative estimate of drug-likeness (QED) is 0.209. The lowest BCUT2D eigenvalue weighted by Crippen LogP contribution is -2.08. The van der Waals surface area contributed by atoms with Crippen LogP contribution in [0.3, 0.4) is 0 Å². The van der Waals surface area contributed by atoms with Crippen molar-refractivity contribution in [3.63, 3.8) is 0 Å². The summed E-state index contributed by atoms with van der Waals surface area (Å²) in [5.41, 5.74) is 14.0. The van der Waals surface area contributed by atoms with E-state index in [2.05, 4.69) is 138 Å². The van der Waals surface area contributed by atoms with E-state index < -0.39 is 0 Å². The van der Waals surface area contributed by atoms with Crippen LogP contribution in [-0.4, -0.2) is 14.5 Å². The number of hydrogen-bond donors (Lipinski definition) is 0. The Morgan fingerprint density at radius 3 is 2.02 bits per heavy atom. The highest BCUT2D eigenvalue weighted by Gasteiger charge is 2.25. The number of hydrogen-bond acceptors (Lipinski definition) is 3. The fraction of sp³-hybridized carbons (Fsp3) is 0.231. The van der Waals surface area contributed by atoms with Gasteiger partial charge in [-0.05, 0) is 90.8 Å². The summed E-state index contributed by atoms with van der Waals surface area (Å²) in [6.07, 6.45) is 0. The van der Waals surface area contributed by atoms with Crippen LogP contribution in [-0.2, 0) is 0 Å². The summed E-state index contributed by atoms with van der Waals surface area (Å²) in [5.74, 6) is 1.58. The van der Waals surface area contributed by atoms with Gasteiger partial charge in [-0.2, -0.15) is 0 Å². The second-order valence-electron chi connectivity index (χ2n) is 12.4. The molecule has 43 heavy (non-hydrogen) atoms. The summed E-state index contributed by atoms with van der Waals surface area (Å²) < 4.78 is 9.11. The fourth-order valence-electron chi connectivity index (χ4n) is 6.66. The Kier molecular flexibility index (Phi) is 6.46. The third kappa shape index (κ3) is 4.27. The molecular formula is C39H37N3O. The molecule has 0 radical (unpaired) electrons. The Balaban J connectivity index is 1.55. The second kappa shape index (κ2) is 10.2. The van der Waals surface area contributed by atoms with E-state index in [-0.39, 0.29) is 0 Å².